The fourth-order valence-corrected chi connectivity index (χ4v) is 4.15. The van der Waals surface area contributed by atoms with Gasteiger partial charge in [-0.25, -0.2) is 4.79 Å². The van der Waals surface area contributed by atoms with Crippen LogP contribution in [0.15, 0.2) is 54.0 Å². The largest absolute Gasteiger partial charge is 0.478 e. The topological polar surface area (TPSA) is 74.7 Å². The summed E-state index contributed by atoms with van der Waals surface area (Å²) in [6, 6.07) is 10.4. The number of benzene rings is 1. The van der Waals surface area contributed by atoms with Crippen LogP contribution in [0.25, 0.3) is 16.5 Å². The highest BCUT2D eigenvalue weighted by Crippen LogP contribution is 2.35. The molecule has 25 heavy (non-hydrogen) atoms. The van der Waals surface area contributed by atoms with Gasteiger partial charge in [-0.05, 0) is 47.7 Å². The first-order valence-corrected chi connectivity index (χ1v) is 8.92. The van der Waals surface area contributed by atoms with Crippen LogP contribution in [-0.4, -0.2) is 33.7 Å². The third-order valence-corrected chi connectivity index (χ3v) is 5.49. The molecule has 5 nitrogen and oxygen atoms in total. The SMILES string of the molecule is C=CCN1C(=O)S/C(=C\c2ccc(-c3ccc(C(=O)O)cc3)s2)C1=O. The molecule has 1 aliphatic heterocycles. The van der Waals surface area contributed by atoms with E-state index in [2.05, 4.69) is 6.58 Å². The lowest BCUT2D eigenvalue weighted by Gasteiger charge is -2.07. The van der Waals surface area contributed by atoms with Gasteiger partial charge in [0.05, 0.1) is 10.5 Å². The molecule has 0 bridgehead atoms. The molecule has 7 heteroatoms. The van der Waals surface area contributed by atoms with Gasteiger partial charge in [0.1, 0.15) is 0 Å². The van der Waals surface area contributed by atoms with Gasteiger partial charge in [0.25, 0.3) is 11.1 Å². The van der Waals surface area contributed by atoms with Crippen molar-refractivity contribution in [3.05, 3.63) is 64.4 Å². The molecule has 3 rings (SSSR count). The van der Waals surface area contributed by atoms with Crippen molar-refractivity contribution in [2.24, 2.45) is 0 Å². The van der Waals surface area contributed by atoms with E-state index in [-0.39, 0.29) is 23.3 Å². The van der Waals surface area contributed by atoms with Crippen molar-refractivity contribution in [1.82, 2.24) is 4.90 Å². The summed E-state index contributed by atoms with van der Waals surface area (Å²) in [6.07, 6.45) is 3.22. The molecule has 0 aliphatic carbocycles. The Hall–Kier alpha value is -2.64. The minimum absolute atomic E-state index is 0.202. The molecule has 126 valence electrons. The van der Waals surface area contributed by atoms with Crippen LogP contribution in [0.1, 0.15) is 15.2 Å². The Labute approximate surface area is 152 Å². The molecule has 1 aromatic heterocycles. The van der Waals surface area contributed by atoms with Gasteiger partial charge in [-0.1, -0.05) is 18.2 Å². The van der Waals surface area contributed by atoms with E-state index < -0.39 is 5.97 Å². The van der Waals surface area contributed by atoms with E-state index in [1.54, 1.807) is 30.3 Å². The lowest BCUT2D eigenvalue weighted by atomic mass is 10.1. The summed E-state index contributed by atoms with van der Waals surface area (Å²) in [7, 11) is 0. The minimum Gasteiger partial charge on any atom is -0.478 e. The number of carboxylic acid groups (broad SMARTS) is 1. The van der Waals surface area contributed by atoms with Crippen molar-refractivity contribution < 1.29 is 19.5 Å². The van der Waals surface area contributed by atoms with E-state index in [1.165, 1.54) is 17.4 Å². The molecular formula is C18H13NO4S2. The van der Waals surface area contributed by atoms with Gasteiger partial charge in [0.2, 0.25) is 0 Å². The zero-order chi connectivity index (χ0) is 18.0. The number of thioether (sulfide) groups is 1. The van der Waals surface area contributed by atoms with Crippen LogP contribution in [0.4, 0.5) is 4.79 Å². The summed E-state index contributed by atoms with van der Waals surface area (Å²) in [5.41, 5.74) is 1.13. The quantitative estimate of drug-likeness (QED) is 0.625. The van der Waals surface area contributed by atoms with Gasteiger partial charge >= 0.3 is 5.97 Å². The maximum absolute atomic E-state index is 12.2. The number of nitrogens with zero attached hydrogens (tertiary/aromatic N) is 1. The van der Waals surface area contributed by atoms with Crippen LogP contribution in [0.2, 0.25) is 0 Å². The molecule has 1 fully saturated rings. The van der Waals surface area contributed by atoms with Crippen LogP contribution < -0.4 is 0 Å². The highest BCUT2D eigenvalue weighted by molar-refractivity contribution is 8.18. The summed E-state index contributed by atoms with van der Waals surface area (Å²) in [4.78, 5) is 38.3. The van der Waals surface area contributed by atoms with Gasteiger partial charge in [0, 0.05) is 16.3 Å². The van der Waals surface area contributed by atoms with Crippen molar-refractivity contribution in [1.29, 1.82) is 0 Å². The average Bonchev–Trinajstić information content (AvgIpc) is 3.16. The first-order valence-electron chi connectivity index (χ1n) is 7.29. The Bertz CT molecular complexity index is 896. The van der Waals surface area contributed by atoms with Crippen molar-refractivity contribution >= 4 is 46.3 Å². The van der Waals surface area contributed by atoms with E-state index in [4.69, 9.17) is 5.11 Å². The monoisotopic (exact) mass is 371 g/mol. The third-order valence-electron chi connectivity index (χ3n) is 3.50. The molecule has 2 amide bonds. The zero-order valence-electron chi connectivity index (χ0n) is 13.0. The van der Waals surface area contributed by atoms with Crippen molar-refractivity contribution in [2.45, 2.75) is 0 Å². The summed E-state index contributed by atoms with van der Waals surface area (Å²) in [5.74, 6) is -1.27. The number of aromatic carboxylic acids is 1. The first-order chi connectivity index (χ1) is 12.0. The number of thiophene rings is 1. The first kappa shape index (κ1) is 17.2. The molecular weight excluding hydrogens is 358 g/mol. The molecule has 1 aromatic carbocycles. The van der Waals surface area contributed by atoms with E-state index in [0.29, 0.717) is 4.91 Å². The Morgan fingerprint density at radius 1 is 1.16 bits per heavy atom. The molecule has 2 heterocycles. The van der Waals surface area contributed by atoms with Crippen molar-refractivity contribution in [2.75, 3.05) is 6.54 Å². The summed E-state index contributed by atoms with van der Waals surface area (Å²) in [6.45, 7) is 3.75. The van der Waals surface area contributed by atoms with Crippen molar-refractivity contribution in [3.8, 4) is 10.4 Å². The number of carbonyl (C=O) groups excluding carboxylic acids is 2. The second-order valence-corrected chi connectivity index (χ2v) is 7.27. The second-order valence-electron chi connectivity index (χ2n) is 5.17. The molecule has 2 aromatic rings. The number of rotatable bonds is 5. The minimum atomic E-state index is -0.964. The van der Waals surface area contributed by atoms with Crippen LogP contribution >= 0.6 is 23.1 Å². The van der Waals surface area contributed by atoms with Gasteiger partial charge in [-0.15, -0.1) is 17.9 Å². The number of imide groups is 1. The third kappa shape index (κ3) is 3.57. The zero-order valence-corrected chi connectivity index (χ0v) is 14.6. The molecule has 0 spiro atoms. The van der Waals surface area contributed by atoms with E-state index >= 15 is 0 Å². The number of amides is 2. The number of hydrogen-bond donors (Lipinski definition) is 1. The standard InChI is InChI=1S/C18H13NO4S2/c1-2-9-19-16(20)15(25-18(19)23)10-13-7-8-14(24-13)11-3-5-12(6-4-11)17(21)22/h2-8,10H,1,9H2,(H,21,22)/b15-10-. The number of carbonyl (C=O) groups is 3. The lowest BCUT2D eigenvalue weighted by Crippen LogP contribution is -2.27. The molecule has 0 unspecified atom stereocenters. The van der Waals surface area contributed by atoms with Crippen LogP contribution in [0.5, 0.6) is 0 Å². The second kappa shape index (κ2) is 7.08. The Balaban J connectivity index is 1.82. The molecule has 1 N–H and O–H groups in total. The average molecular weight is 371 g/mol. The predicted molar refractivity (Wildman–Crippen MR) is 99.6 cm³/mol. The number of hydrogen-bond acceptors (Lipinski definition) is 5. The predicted octanol–water partition coefficient (Wildman–Crippen LogP) is 4.34. The van der Waals surface area contributed by atoms with Gasteiger partial charge in [0.15, 0.2) is 0 Å². The van der Waals surface area contributed by atoms with Crippen LogP contribution in [0, 0.1) is 0 Å². The van der Waals surface area contributed by atoms with Crippen LogP contribution in [0.3, 0.4) is 0 Å². The highest BCUT2D eigenvalue weighted by atomic mass is 32.2. The van der Waals surface area contributed by atoms with Gasteiger partial charge in [-0.3, -0.25) is 14.5 Å². The van der Waals surface area contributed by atoms with Gasteiger partial charge in [-0.2, -0.15) is 0 Å². The molecule has 0 radical (unpaired) electrons. The molecule has 0 atom stereocenters. The fourth-order valence-electron chi connectivity index (χ4n) is 2.28. The van der Waals surface area contributed by atoms with E-state index in [1.807, 2.05) is 12.1 Å². The maximum atomic E-state index is 12.2. The van der Waals surface area contributed by atoms with Crippen LogP contribution in [-0.2, 0) is 4.79 Å². The molecule has 1 aliphatic rings. The lowest BCUT2D eigenvalue weighted by molar-refractivity contribution is -0.122. The van der Waals surface area contributed by atoms with Crippen molar-refractivity contribution in [3.63, 3.8) is 0 Å². The maximum Gasteiger partial charge on any atom is 0.335 e. The summed E-state index contributed by atoms with van der Waals surface area (Å²) in [5, 5.41) is 8.64. The fraction of sp³-hybridized carbons (Fsp3) is 0.0556. The normalized spacial score (nSPS) is 15.8. The van der Waals surface area contributed by atoms with Gasteiger partial charge < -0.3 is 5.11 Å². The smallest absolute Gasteiger partial charge is 0.335 e. The Morgan fingerprint density at radius 2 is 1.88 bits per heavy atom. The summed E-state index contributed by atoms with van der Waals surface area (Å²) >= 11 is 2.38. The number of carboxylic acids is 1. The summed E-state index contributed by atoms with van der Waals surface area (Å²) < 4.78 is 0. The molecule has 1 saturated heterocycles. The highest BCUT2D eigenvalue weighted by Gasteiger charge is 2.34. The van der Waals surface area contributed by atoms with E-state index in [0.717, 1.165) is 32.0 Å². The molecule has 0 saturated carbocycles. The Kier molecular flexibility index (Phi) is 4.87. The Morgan fingerprint density at radius 3 is 2.52 bits per heavy atom. The van der Waals surface area contributed by atoms with E-state index in [9.17, 15) is 14.4 Å².